The van der Waals surface area contributed by atoms with E-state index in [2.05, 4.69) is 33.8 Å². The van der Waals surface area contributed by atoms with Crippen LogP contribution in [0.2, 0.25) is 0 Å². The van der Waals surface area contributed by atoms with Crippen LogP contribution in [0.15, 0.2) is 29.7 Å². The monoisotopic (exact) mass is 404 g/mol. The Morgan fingerprint density at radius 2 is 1.79 bits per heavy atom. The van der Waals surface area contributed by atoms with Crippen molar-refractivity contribution < 1.29 is 0 Å². The van der Waals surface area contributed by atoms with Crippen molar-refractivity contribution in [2.45, 2.75) is 75.3 Å². The average Bonchev–Trinajstić information content (AvgIpc) is 3.28. The van der Waals surface area contributed by atoms with Crippen molar-refractivity contribution in [3.8, 4) is 0 Å². The zero-order valence-electron chi connectivity index (χ0n) is 20.4. The Balaban J connectivity index is 0. The summed E-state index contributed by atoms with van der Waals surface area (Å²) in [6, 6.07) is 0. The highest BCUT2D eigenvalue weighted by Crippen LogP contribution is 2.26. The van der Waals surface area contributed by atoms with Crippen LogP contribution in [0, 0.1) is 6.92 Å². The normalized spacial score (nSPS) is 9.97. The highest BCUT2D eigenvalue weighted by molar-refractivity contribution is 6.03. The molecule has 0 aliphatic rings. The fourth-order valence-corrected chi connectivity index (χ4v) is 2.50. The SMILES string of the molecule is C=C(C)Nc1c(C(C)=NCc2nccn2C)[nH]c(CCN)c1C.CC.CC.CC. The van der Waals surface area contributed by atoms with Gasteiger partial charge in [-0.15, -0.1) is 0 Å². The Hall–Kier alpha value is -2.34. The third-order valence-electron chi connectivity index (χ3n) is 3.83. The first-order valence-electron chi connectivity index (χ1n) is 10.8. The van der Waals surface area contributed by atoms with Crippen LogP contribution in [-0.2, 0) is 20.0 Å². The largest absolute Gasteiger partial charge is 0.358 e. The van der Waals surface area contributed by atoms with Gasteiger partial charge in [-0.25, -0.2) is 4.98 Å². The number of allylic oxidation sites excluding steroid dienone is 1. The van der Waals surface area contributed by atoms with E-state index in [0.29, 0.717) is 13.1 Å². The number of aromatic amines is 1. The number of hydrogen-bond acceptors (Lipinski definition) is 4. The van der Waals surface area contributed by atoms with Gasteiger partial charge in [0.15, 0.2) is 0 Å². The van der Waals surface area contributed by atoms with Gasteiger partial charge in [0, 0.05) is 37.3 Å². The van der Waals surface area contributed by atoms with E-state index in [4.69, 9.17) is 5.73 Å². The molecule has 0 atom stereocenters. The molecule has 0 bridgehead atoms. The van der Waals surface area contributed by atoms with Crippen molar-refractivity contribution in [3.63, 3.8) is 0 Å². The maximum Gasteiger partial charge on any atom is 0.130 e. The number of aliphatic imine (C=N–C) groups is 1. The lowest BCUT2D eigenvalue weighted by Crippen LogP contribution is -2.05. The Kier molecular flexibility index (Phi) is 16.5. The number of aryl methyl sites for hydroxylation is 1. The van der Waals surface area contributed by atoms with E-state index in [9.17, 15) is 0 Å². The number of anilines is 1. The van der Waals surface area contributed by atoms with E-state index < -0.39 is 0 Å². The molecule has 2 aromatic rings. The molecule has 0 aliphatic carbocycles. The molecule has 29 heavy (non-hydrogen) atoms. The molecule has 0 aliphatic heterocycles. The van der Waals surface area contributed by atoms with Crippen molar-refractivity contribution in [1.82, 2.24) is 14.5 Å². The van der Waals surface area contributed by atoms with Gasteiger partial charge in [-0.1, -0.05) is 48.1 Å². The van der Waals surface area contributed by atoms with E-state index in [1.807, 2.05) is 73.2 Å². The highest BCUT2D eigenvalue weighted by atomic mass is 15.1. The maximum absolute atomic E-state index is 5.71. The van der Waals surface area contributed by atoms with E-state index in [-0.39, 0.29) is 0 Å². The number of nitrogens with one attached hydrogen (secondary N) is 2. The zero-order valence-corrected chi connectivity index (χ0v) is 20.4. The zero-order chi connectivity index (χ0) is 23.0. The number of nitrogens with zero attached hydrogens (tertiary/aromatic N) is 3. The summed E-state index contributed by atoms with van der Waals surface area (Å²) in [6.45, 7) is 23.1. The molecule has 0 radical (unpaired) electrons. The second kappa shape index (κ2) is 16.6. The van der Waals surface area contributed by atoms with Gasteiger partial charge in [-0.2, -0.15) is 0 Å². The van der Waals surface area contributed by atoms with Gasteiger partial charge in [0.1, 0.15) is 5.82 Å². The van der Waals surface area contributed by atoms with Crippen molar-refractivity contribution in [2.75, 3.05) is 11.9 Å². The predicted molar refractivity (Wildman–Crippen MR) is 130 cm³/mol. The number of hydrogen-bond donors (Lipinski definition) is 3. The van der Waals surface area contributed by atoms with Gasteiger partial charge >= 0.3 is 0 Å². The fourth-order valence-electron chi connectivity index (χ4n) is 2.50. The van der Waals surface area contributed by atoms with Crippen LogP contribution in [0.5, 0.6) is 0 Å². The summed E-state index contributed by atoms with van der Waals surface area (Å²) in [5.41, 5.74) is 11.9. The van der Waals surface area contributed by atoms with Gasteiger partial charge < -0.3 is 20.6 Å². The van der Waals surface area contributed by atoms with E-state index in [1.54, 1.807) is 6.20 Å². The van der Waals surface area contributed by atoms with Crippen LogP contribution in [0.3, 0.4) is 0 Å². The van der Waals surface area contributed by atoms with E-state index in [0.717, 1.165) is 40.7 Å². The minimum atomic E-state index is 0.548. The summed E-state index contributed by atoms with van der Waals surface area (Å²) in [5, 5.41) is 3.34. The first-order valence-corrected chi connectivity index (χ1v) is 10.8. The summed E-state index contributed by atoms with van der Waals surface area (Å²) in [7, 11) is 1.97. The molecule has 166 valence electrons. The lowest BCUT2D eigenvalue weighted by Gasteiger charge is -2.08. The number of nitrogens with two attached hydrogens (primary N) is 1. The lowest BCUT2D eigenvalue weighted by atomic mass is 10.1. The molecular weight excluding hydrogens is 360 g/mol. The molecule has 2 rings (SSSR count). The van der Waals surface area contributed by atoms with Crippen molar-refractivity contribution in [1.29, 1.82) is 0 Å². The third kappa shape index (κ3) is 9.13. The second-order valence-corrected chi connectivity index (χ2v) is 5.78. The topological polar surface area (TPSA) is 84.0 Å². The lowest BCUT2D eigenvalue weighted by molar-refractivity contribution is 0.794. The smallest absolute Gasteiger partial charge is 0.130 e. The summed E-state index contributed by atoms with van der Waals surface area (Å²) in [5.74, 6) is 0.934. The van der Waals surface area contributed by atoms with Crippen LogP contribution in [0.1, 0.15) is 78.2 Å². The van der Waals surface area contributed by atoms with Gasteiger partial charge in [-0.05, 0) is 32.9 Å². The van der Waals surface area contributed by atoms with Gasteiger partial charge in [-0.3, -0.25) is 4.99 Å². The Bertz CT molecular complexity index is 722. The second-order valence-electron chi connectivity index (χ2n) is 5.78. The summed E-state index contributed by atoms with van der Waals surface area (Å²) >= 11 is 0. The van der Waals surface area contributed by atoms with Crippen LogP contribution < -0.4 is 11.1 Å². The number of aromatic nitrogens is 3. The van der Waals surface area contributed by atoms with Crippen molar-refractivity contribution >= 4 is 11.4 Å². The molecular formula is C23H44N6. The minimum absolute atomic E-state index is 0.548. The minimum Gasteiger partial charge on any atom is -0.358 e. The Morgan fingerprint density at radius 3 is 2.24 bits per heavy atom. The predicted octanol–water partition coefficient (Wildman–Crippen LogP) is 5.59. The molecule has 0 unspecified atom stereocenters. The van der Waals surface area contributed by atoms with Crippen LogP contribution in [0.4, 0.5) is 5.69 Å². The highest BCUT2D eigenvalue weighted by Gasteiger charge is 2.16. The van der Waals surface area contributed by atoms with Crippen LogP contribution >= 0.6 is 0 Å². The molecule has 0 amide bonds. The molecule has 2 heterocycles. The number of H-pyrrole nitrogens is 1. The standard InChI is InChI=1S/C17H26N6.3C2H6/c1-11(2)21-16-12(3)14(6-7-18)22-17(16)13(4)20-10-15-19-8-9-23(15)5;3*1-2/h8-9,21-22H,1,6-7,10,18H2,2-5H3;3*1-2H3. The van der Waals surface area contributed by atoms with Crippen molar-refractivity contribution in [2.24, 2.45) is 17.8 Å². The third-order valence-corrected chi connectivity index (χ3v) is 3.83. The number of rotatable bonds is 7. The molecule has 0 saturated carbocycles. The molecule has 0 fully saturated rings. The first-order chi connectivity index (χ1) is 13.9. The molecule has 0 saturated heterocycles. The maximum atomic E-state index is 5.71. The van der Waals surface area contributed by atoms with Crippen LogP contribution in [-0.4, -0.2) is 26.8 Å². The summed E-state index contributed by atoms with van der Waals surface area (Å²) in [4.78, 5) is 12.4. The van der Waals surface area contributed by atoms with Crippen LogP contribution in [0.25, 0.3) is 0 Å². The molecule has 0 spiro atoms. The Labute approximate surface area is 178 Å². The number of imidazole rings is 1. The molecule has 2 aromatic heterocycles. The van der Waals surface area contributed by atoms with E-state index >= 15 is 0 Å². The summed E-state index contributed by atoms with van der Waals surface area (Å²) < 4.78 is 1.98. The molecule has 0 aromatic carbocycles. The van der Waals surface area contributed by atoms with Gasteiger partial charge in [0.2, 0.25) is 0 Å². The fraction of sp³-hybridized carbons (Fsp3) is 0.565. The first kappa shape index (κ1) is 28.9. The molecule has 6 nitrogen and oxygen atoms in total. The molecule has 6 heteroatoms. The van der Waals surface area contributed by atoms with Crippen molar-refractivity contribution in [3.05, 3.63) is 47.4 Å². The van der Waals surface area contributed by atoms with E-state index in [1.165, 1.54) is 5.56 Å². The Morgan fingerprint density at radius 1 is 1.21 bits per heavy atom. The quantitative estimate of drug-likeness (QED) is 0.526. The summed E-state index contributed by atoms with van der Waals surface area (Å²) in [6.07, 6.45) is 4.52. The van der Waals surface area contributed by atoms with Gasteiger partial charge in [0.05, 0.1) is 23.6 Å². The van der Waals surface area contributed by atoms with Gasteiger partial charge in [0.25, 0.3) is 0 Å². The average molecular weight is 405 g/mol. The molecule has 4 N–H and O–H groups in total.